The molecular weight excluding hydrogens is 182 g/mol. The molecule has 0 saturated heterocycles. The van der Waals surface area contributed by atoms with Crippen molar-refractivity contribution in [2.24, 2.45) is 0 Å². The molecule has 1 heteroatoms. The highest BCUT2D eigenvalue weighted by Gasteiger charge is 2.08. The highest BCUT2D eigenvalue weighted by molar-refractivity contribution is 5.91. The van der Waals surface area contributed by atoms with Crippen molar-refractivity contribution in [3.05, 3.63) is 47.5 Å². The number of hydrogen-bond acceptors (Lipinski definition) is 1. The molecule has 0 atom stereocenters. The van der Waals surface area contributed by atoms with Gasteiger partial charge < -0.3 is 0 Å². The zero-order valence-corrected chi connectivity index (χ0v) is 8.99. The molecule has 0 aromatic heterocycles. The predicted octanol–water partition coefficient (Wildman–Crippen LogP) is 3.83. The summed E-state index contributed by atoms with van der Waals surface area (Å²) in [5.74, 6) is 0.447. The molecular formula is C14H13N. The average molecular weight is 195 g/mol. The molecule has 2 aromatic carbocycles. The van der Waals surface area contributed by atoms with E-state index in [0.717, 1.165) is 16.3 Å². The fourth-order valence-electron chi connectivity index (χ4n) is 1.94. The lowest BCUT2D eigenvalue weighted by molar-refractivity contribution is 0.876. The summed E-state index contributed by atoms with van der Waals surface area (Å²) in [5, 5.41) is 11.4. The van der Waals surface area contributed by atoms with E-state index in [1.165, 1.54) is 5.56 Å². The minimum Gasteiger partial charge on any atom is -0.192 e. The highest BCUT2D eigenvalue weighted by atomic mass is 14.2. The van der Waals surface area contributed by atoms with Crippen LogP contribution in [0.3, 0.4) is 0 Å². The fraction of sp³-hybridized carbons (Fsp3) is 0.214. The van der Waals surface area contributed by atoms with E-state index in [1.54, 1.807) is 0 Å². The third-order valence-corrected chi connectivity index (χ3v) is 2.68. The summed E-state index contributed by atoms with van der Waals surface area (Å²) in [6, 6.07) is 14.4. The molecule has 74 valence electrons. The molecule has 0 amide bonds. The number of fused-ring (bicyclic) bond motifs is 1. The maximum Gasteiger partial charge on any atom is 0.0998 e. The quantitative estimate of drug-likeness (QED) is 0.678. The number of benzene rings is 2. The van der Waals surface area contributed by atoms with Crippen LogP contribution in [0, 0.1) is 11.3 Å². The zero-order chi connectivity index (χ0) is 10.8. The van der Waals surface area contributed by atoms with E-state index in [0.29, 0.717) is 5.92 Å². The molecule has 0 N–H and O–H groups in total. The third kappa shape index (κ3) is 1.59. The Bertz CT molecular complexity index is 527. The van der Waals surface area contributed by atoms with Crippen molar-refractivity contribution in [1.82, 2.24) is 0 Å². The lowest BCUT2D eigenvalue weighted by Gasteiger charge is -2.10. The van der Waals surface area contributed by atoms with Gasteiger partial charge in [0.05, 0.1) is 11.6 Å². The summed E-state index contributed by atoms with van der Waals surface area (Å²) in [4.78, 5) is 0. The molecule has 2 aromatic rings. The largest absolute Gasteiger partial charge is 0.192 e. The standard InChI is InChI=1S/C14H13N/c1-10(2)13-8-4-6-11-5-3-7-12(9-15)14(11)13/h3-8,10H,1-2H3. The van der Waals surface area contributed by atoms with Crippen LogP contribution in [0.5, 0.6) is 0 Å². The van der Waals surface area contributed by atoms with E-state index < -0.39 is 0 Å². The third-order valence-electron chi connectivity index (χ3n) is 2.68. The molecule has 0 saturated carbocycles. The molecule has 0 heterocycles. The minimum atomic E-state index is 0.447. The SMILES string of the molecule is CC(C)c1cccc2cccc(C#N)c12. The summed E-state index contributed by atoms with van der Waals surface area (Å²) in [6.45, 7) is 4.31. The Morgan fingerprint density at radius 3 is 2.33 bits per heavy atom. The average Bonchev–Trinajstić information content (AvgIpc) is 2.27. The first-order chi connectivity index (χ1) is 7.24. The molecule has 0 radical (unpaired) electrons. The van der Waals surface area contributed by atoms with Gasteiger partial charge in [0, 0.05) is 5.39 Å². The number of nitrogens with zero attached hydrogens (tertiary/aromatic N) is 1. The van der Waals surface area contributed by atoms with Crippen molar-refractivity contribution in [2.45, 2.75) is 19.8 Å². The van der Waals surface area contributed by atoms with Gasteiger partial charge in [-0.05, 0) is 22.9 Å². The maximum absolute atomic E-state index is 9.09. The van der Waals surface area contributed by atoms with Crippen LogP contribution in [-0.4, -0.2) is 0 Å². The van der Waals surface area contributed by atoms with Crippen LogP contribution in [-0.2, 0) is 0 Å². The lowest BCUT2D eigenvalue weighted by atomic mass is 9.93. The predicted molar refractivity (Wildman–Crippen MR) is 62.8 cm³/mol. The number of nitriles is 1. The van der Waals surface area contributed by atoms with E-state index in [4.69, 9.17) is 5.26 Å². The van der Waals surface area contributed by atoms with Crippen LogP contribution >= 0.6 is 0 Å². The first-order valence-electron chi connectivity index (χ1n) is 5.16. The summed E-state index contributed by atoms with van der Waals surface area (Å²) in [7, 11) is 0. The molecule has 0 aliphatic heterocycles. The molecule has 0 unspecified atom stereocenters. The van der Waals surface area contributed by atoms with E-state index in [-0.39, 0.29) is 0 Å². The summed E-state index contributed by atoms with van der Waals surface area (Å²) < 4.78 is 0. The summed E-state index contributed by atoms with van der Waals surface area (Å²) >= 11 is 0. The smallest absolute Gasteiger partial charge is 0.0998 e. The van der Waals surface area contributed by atoms with Gasteiger partial charge in [-0.25, -0.2) is 0 Å². The second-order valence-electron chi connectivity index (χ2n) is 4.02. The Hall–Kier alpha value is -1.81. The Morgan fingerprint density at radius 2 is 1.73 bits per heavy atom. The molecule has 1 nitrogen and oxygen atoms in total. The van der Waals surface area contributed by atoms with Crippen molar-refractivity contribution < 1.29 is 0 Å². The first-order valence-corrected chi connectivity index (χ1v) is 5.16. The van der Waals surface area contributed by atoms with Crippen LogP contribution in [0.2, 0.25) is 0 Å². The van der Waals surface area contributed by atoms with Crippen LogP contribution in [0.15, 0.2) is 36.4 Å². The van der Waals surface area contributed by atoms with Gasteiger partial charge in [-0.3, -0.25) is 0 Å². The second kappa shape index (κ2) is 3.74. The molecule has 0 aliphatic carbocycles. The van der Waals surface area contributed by atoms with Gasteiger partial charge in [-0.1, -0.05) is 44.2 Å². The van der Waals surface area contributed by atoms with Crippen molar-refractivity contribution in [3.63, 3.8) is 0 Å². The van der Waals surface area contributed by atoms with Crippen LogP contribution in [0.1, 0.15) is 30.9 Å². The van der Waals surface area contributed by atoms with Crippen LogP contribution in [0.4, 0.5) is 0 Å². The fourth-order valence-corrected chi connectivity index (χ4v) is 1.94. The van der Waals surface area contributed by atoms with E-state index >= 15 is 0 Å². The van der Waals surface area contributed by atoms with Gasteiger partial charge in [0.2, 0.25) is 0 Å². The Morgan fingerprint density at radius 1 is 1.07 bits per heavy atom. The van der Waals surface area contributed by atoms with Gasteiger partial charge in [0.25, 0.3) is 0 Å². The highest BCUT2D eigenvalue weighted by Crippen LogP contribution is 2.27. The number of rotatable bonds is 1. The zero-order valence-electron chi connectivity index (χ0n) is 8.99. The molecule has 0 aliphatic rings. The van der Waals surface area contributed by atoms with Gasteiger partial charge >= 0.3 is 0 Å². The topological polar surface area (TPSA) is 23.8 Å². The van der Waals surface area contributed by atoms with Crippen LogP contribution < -0.4 is 0 Å². The summed E-state index contributed by atoms with van der Waals surface area (Å²) in [5.41, 5.74) is 2.03. The van der Waals surface area contributed by atoms with Gasteiger partial charge in [-0.2, -0.15) is 5.26 Å². The monoisotopic (exact) mass is 195 g/mol. The molecule has 0 bridgehead atoms. The molecule has 0 spiro atoms. The first kappa shape index (κ1) is 9.73. The Balaban J connectivity index is 2.89. The van der Waals surface area contributed by atoms with Crippen molar-refractivity contribution in [2.75, 3.05) is 0 Å². The van der Waals surface area contributed by atoms with Crippen molar-refractivity contribution >= 4 is 10.8 Å². The van der Waals surface area contributed by atoms with Gasteiger partial charge in [0.15, 0.2) is 0 Å². The number of hydrogen-bond donors (Lipinski definition) is 0. The summed E-state index contributed by atoms with van der Waals surface area (Å²) in [6.07, 6.45) is 0. The van der Waals surface area contributed by atoms with Gasteiger partial charge in [-0.15, -0.1) is 0 Å². The van der Waals surface area contributed by atoms with Crippen molar-refractivity contribution in [3.8, 4) is 6.07 Å². The molecule has 0 fully saturated rings. The second-order valence-corrected chi connectivity index (χ2v) is 4.02. The Labute approximate surface area is 90.0 Å². The van der Waals surface area contributed by atoms with Gasteiger partial charge in [0.1, 0.15) is 0 Å². The van der Waals surface area contributed by atoms with E-state index in [9.17, 15) is 0 Å². The Kier molecular flexibility index (Phi) is 2.43. The maximum atomic E-state index is 9.09. The van der Waals surface area contributed by atoms with E-state index in [2.05, 4.69) is 44.2 Å². The molecule has 15 heavy (non-hydrogen) atoms. The lowest BCUT2D eigenvalue weighted by Crippen LogP contribution is -1.91. The minimum absolute atomic E-state index is 0.447. The van der Waals surface area contributed by atoms with E-state index in [1.807, 2.05) is 12.1 Å². The van der Waals surface area contributed by atoms with Crippen LogP contribution in [0.25, 0.3) is 10.8 Å². The van der Waals surface area contributed by atoms with Crippen molar-refractivity contribution in [1.29, 1.82) is 5.26 Å². The normalized spacial score (nSPS) is 10.5. The molecule has 2 rings (SSSR count).